The number of sulfonamides is 1. The molecule has 0 aliphatic rings. The van der Waals surface area contributed by atoms with Crippen molar-refractivity contribution in [2.24, 2.45) is 0 Å². The summed E-state index contributed by atoms with van der Waals surface area (Å²) in [5.74, 6) is -0.151. The predicted molar refractivity (Wildman–Crippen MR) is 122 cm³/mol. The highest BCUT2D eigenvalue weighted by Gasteiger charge is 2.19. The number of carbonyl (C=O) groups excluding carboxylic acids is 1. The Labute approximate surface area is 185 Å². The van der Waals surface area contributed by atoms with Gasteiger partial charge in [0.05, 0.1) is 22.8 Å². The number of ether oxygens (including phenoxy) is 2. The van der Waals surface area contributed by atoms with Crippen LogP contribution >= 0.6 is 0 Å². The lowest BCUT2D eigenvalue weighted by Crippen LogP contribution is -2.27. The van der Waals surface area contributed by atoms with Crippen LogP contribution < -0.4 is 9.46 Å². The number of nitrogens with one attached hydrogen (secondary N) is 1. The number of hydrogen-bond acceptors (Lipinski definition) is 6. The van der Waals surface area contributed by atoms with E-state index in [1.165, 1.54) is 18.2 Å². The summed E-state index contributed by atoms with van der Waals surface area (Å²) in [5, 5.41) is 0. The zero-order valence-corrected chi connectivity index (χ0v) is 19.5. The van der Waals surface area contributed by atoms with E-state index in [1.807, 2.05) is 27.7 Å². The van der Waals surface area contributed by atoms with Crippen LogP contribution in [0.15, 0.2) is 47.4 Å². The summed E-state index contributed by atoms with van der Waals surface area (Å²) >= 11 is 0. The molecular formula is C23H32N2O5S. The molecule has 0 aromatic heterocycles. The molecule has 0 fully saturated rings. The number of carbonyl (C=O) groups is 1. The number of nitrogens with zero attached hydrogens (tertiary/aromatic N) is 1. The molecule has 0 aliphatic carbocycles. The van der Waals surface area contributed by atoms with Crippen molar-refractivity contribution in [2.75, 3.05) is 37.6 Å². The highest BCUT2D eigenvalue weighted by Crippen LogP contribution is 2.29. The molecule has 170 valence electrons. The zero-order chi connectivity index (χ0) is 22.9. The van der Waals surface area contributed by atoms with Gasteiger partial charge in [-0.2, -0.15) is 0 Å². The number of aryl methyl sites for hydroxylation is 1. The van der Waals surface area contributed by atoms with Crippen LogP contribution in [0.4, 0.5) is 5.69 Å². The van der Waals surface area contributed by atoms with Gasteiger partial charge in [0.15, 0.2) is 0 Å². The second-order valence-corrected chi connectivity index (χ2v) is 8.82. The number of esters is 1. The van der Waals surface area contributed by atoms with E-state index in [9.17, 15) is 13.2 Å². The van der Waals surface area contributed by atoms with Crippen molar-refractivity contribution in [3.05, 3.63) is 53.6 Å². The van der Waals surface area contributed by atoms with Crippen LogP contribution in [0, 0.1) is 6.92 Å². The molecule has 0 heterocycles. The Balaban J connectivity index is 2.23. The molecule has 8 heteroatoms. The molecule has 0 radical (unpaired) electrons. The van der Waals surface area contributed by atoms with E-state index in [4.69, 9.17) is 9.47 Å². The second kappa shape index (κ2) is 11.7. The summed E-state index contributed by atoms with van der Waals surface area (Å²) in [6.45, 7) is 11.0. The molecule has 2 aromatic carbocycles. The smallest absolute Gasteiger partial charge is 0.338 e. The lowest BCUT2D eigenvalue weighted by Gasteiger charge is -2.18. The quantitative estimate of drug-likeness (QED) is 0.493. The van der Waals surface area contributed by atoms with Crippen molar-refractivity contribution in [3.8, 4) is 5.75 Å². The molecule has 2 aromatic rings. The Morgan fingerprint density at radius 2 is 1.68 bits per heavy atom. The highest BCUT2D eigenvalue weighted by atomic mass is 32.2. The maximum atomic E-state index is 12.8. The van der Waals surface area contributed by atoms with Crippen LogP contribution in [-0.2, 0) is 14.8 Å². The molecule has 31 heavy (non-hydrogen) atoms. The Morgan fingerprint density at radius 1 is 1.00 bits per heavy atom. The van der Waals surface area contributed by atoms with Gasteiger partial charge in [-0.3, -0.25) is 4.72 Å². The van der Waals surface area contributed by atoms with E-state index in [2.05, 4.69) is 9.62 Å². The van der Waals surface area contributed by atoms with Gasteiger partial charge in [-0.15, -0.1) is 0 Å². The van der Waals surface area contributed by atoms with Crippen molar-refractivity contribution < 1.29 is 22.7 Å². The molecule has 0 spiro atoms. The standard InChI is InChI=1S/C23H32N2O5S/c1-5-15-29-22-13-10-19(23(26)30-16-14-25(6-2)7-3)17-21(22)24-31(27,28)20-11-8-18(4)9-12-20/h8-13,17,24H,5-7,14-16H2,1-4H3. The summed E-state index contributed by atoms with van der Waals surface area (Å²) < 4.78 is 39.3. The fraction of sp³-hybridized carbons (Fsp3) is 0.435. The van der Waals surface area contributed by atoms with Gasteiger partial charge >= 0.3 is 5.97 Å². The van der Waals surface area contributed by atoms with Crippen molar-refractivity contribution >= 4 is 21.7 Å². The van der Waals surface area contributed by atoms with Crippen LogP contribution in [0.1, 0.15) is 43.1 Å². The number of likely N-dealkylation sites (N-methyl/N-ethyl adjacent to an activating group) is 1. The first-order chi connectivity index (χ1) is 14.8. The van der Waals surface area contributed by atoms with E-state index >= 15 is 0 Å². The lowest BCUT2D eigenvalue weighted by atomic mass is 10.2. The van der Waals surface area contributed by atoms with Crippen molar-refractivity contribution in [1.29, 1.82) is 0 Å². The first kappa shape index (κ1) is 24.7. The topological polar surface area (TPSA) is 84.9 Å². The van der Waals surface area contributed by atoms with Gasteiger partial charge in [-0.1, -0.05) is 38.5 Å². The van der Waals surface area contributed by atoms with Crippen LogP contribution in [0.25, 0.3) is 0 Å². The zero-order valence-electron chi connectivity index (χ0n) is 18.7. The summed E-state index contributed by atoms with van der Waals surface area (Å²) in [6, 6.07) is 11.2. The summed E-state index contributed by atoms with van der Waals surface area (Å²) in [4.78, 5) is 14.8. The predicted octanol–water partition coefficient (Wildman–Crippen LogP) is 4.08. The van der Waals surface area contributed by atoms with Gasteiger partial charge in [0.25, 0.3) is 10.0 Å². The molecule has 0 saturated heterocycles. The third-order valence-electron chi connectivity index (χ3n) is 4.79. The molecule has 0 bridgehead atoms. The molecule has 2 rings (SSSR count). The van der Waals surface area contributed by atoms with Gasteiger partial charge in [0, 0.05) is 6.54 Å². The molecule has 0 amide bonds. The maximum Gasteiger partial charge on any atom is 0.338 e. The minimum Gasteiger partial charge on any atom is -0.491 e. The van der Waals surface area contributed by atoms with Gasteiger partial charge < -0.3 is 14.4 Å². The molecular weight excluding hydrogens is 416 g/mol. The van der Waals surface area contributed by atoms with Crippen LogP contribution in [0.2, 0.25) is 0 Å². The SMILES string of the molecule is CCCOc1ccc(C(=O)OCCN(CC)CC)cc1NS(=O)(=O)c1ccc(C)cc1. The van der Waals surface area contributed by atoms with E-state index in [0.717, 1.165) is 25.1 Å². The Morgan fingerprint density at radius 3 is 2.29 bits per heavy atom. The van der Waals surface area contributed by atoms with Gasteiger partial charge in [0.1, 0.15) is 12.4 Å². The van der Waals surface area contributed by atoms with E-state index in [0.29, 0.717) is 18.9 Å². The highest BCUT2D eigenvalue weighted by molar-refractivity contribution is 7.92. The number of benzene rings is 2. The first-order valence-corrected chi connectivity index (χ1v) is 12.0. The molecule has 0 atom stereocenters. The summed E-state index contributed by atoms with van der Waals surface area (Å²) in [5.41, 5.74) is 1.41. The third-order valence-corrected chi connectivity index (χ3v) is 6.17. The lowest BCUT2D eigenvalue weighted by molar-refractivity contribution is 0.0466. The second-order valence-electron chi connectivity index (χ2n) is 7.14. The average molecular weight is 449 g/mol. The molecule has 0 unspecified atom stereocenters. The summed E-state index contributed by atoms with van der Waals surface area (Å²) in [7, 11) is -3.84. The molecule has 0 saturated carbocycles. The monoisotopic (exact) mass is 448 g/mol. The first-order valence-electron chi connectivity index (χ1n) is 10.6. The van der Waals surface area contributed by atoms with Crippen LogP contribution in [0.3, 0.4) is 0 Å². The van der Waals surface area contributed by atoms with Crippen molar-refractivity contribution in [2.45, 2.75) is 39.0 Å². The fourth-order valence-corrected chi connectivity index (χ4v) is 3.95. The van der Waals surface area contributed by atoms with Gasteiger partial charge in [0.2, 0.25) is 0 Å². The molecule has 0 aliphatic heterocycles. The number of hydrogen-bond donors (Lipinski definition) is 1. The molecule has 7 nitrogen and oxygen atoms in total. The van der Waals surface area contributed by atoms with Crippen LogP contribution in [-0.4, -0.2) is 52.1 Å². The Kier molecular flexibility index (Phi) is 9.33. The third kappa shape index (κ3) is 7.25. The van der Waals surface area contributed by atoms with Crippen molar-refractivity contribution in [1.82, 2.24) is 4.90 Å². The van der Waals surface area contributed by atoms with E-state index in [1.54, 1.807) is 24.3 Å². The normalized spacial score (nSPS) is 11.4. The van der Waals surface area contributed by atoms with Gasteiger partial charge in [-0.25, -0.2) is 13.2 Å². The van der Waals surface area contributed by atoms with Crippen molar-refractivity contribution in [3.63, 3.8) is 0 Å². The van der Waals surface area contributed by atoms with E-state index in [-0.39, 0.29) is 22.8 Å². The minimum atomic E-state index is -3.84. The average Bonchev–Trinajstić information content (AvgIpc) is 2.75. The summed E-state index contributed by atoms with van der Waals surface area (Å²) in [6.07, 6.45) is 0.763. The largest absolute Gasteiger partial charge is 0.491 e. The fourth-order valence-electron chi connectivity index (χ4n) is 2.89. The Hall–Kier alpha value is -2.58. The Bertz CT molecular complexity index is 954. The van der Waals surface area contributed by atoms with E-state index < -0.39 is 16.0 Å². The number of rotatable bonds is 12. The van der Waals surface area contributed by atoms with Gasteiger partial charge in [-0.05, 0) is 56.8 Å². The maximum absolute atomic E-state index is 12.8. The van der Waals surface area contributed by atoms with Crippen LogP contribution in [0.5, 0.6) is 5.75 Å². The minimum absolute atomic E-state index is 0.131. The molecule has 1 N–H and O–H groups in total. The number of anilines is 1.